The SMILES string of the molecule is COc1ccc2[nH]c(C=C3C(=O)NN=C3OC(C)C)cc2c1. The van der Waals surface area contributed by atoms with E-state index in [0.717, 1.165) is 22.3 Å². The Labute approximate surface area is 127 Å². The predicted molar refractivity (Wildman–Crippen MR) is 84.6 cm³/mol. The molecule has 1 aliphatic heterocycles. The van der Waals surface area contributed by atoms with Gasteiger partial charge in [-0.15, -0.1) is 5.10 Å². The van der Waals surface area contributed by atoms with Crippen LogP contribution in [0.2, 0.25) is 0 Å². The fourth-order valence-electron chi connectivity index (χ4n) is 2.25. The molecule has 3 rings (SSSR count). The van der Waals surface area contributed by atoms with Gasteiger partial charge in [-0.25, -0.2) is 5.43 Å². The van der Waals surface area contributed by atoms with Gasteiger partial charge in [-0.3, -0.25) is 4.79 Å². The molecule has 0 aliphatic carbocycles. The molecule has 0 saturated carbocycles. The van der Waals surface area contributed by atoms with E-state index in [-0.39, 0.29) is 12.0 Å². The summed E-state index contributed by atoms with van der Waals surface area (Å²) in [6.45, 7) is 3.77. The number of nitrogens with zero attached hydrogens (tertiary/aromatic N) is 1. The lowest BCUT2D eigenvalue weighted by Crippen LogP contribution is -2.16. The molecule has 2 heterocycles. The van der Waals surface area contributed by atoms with Crippen LogP contribution in [0.1, 0.15) is 19.5 Å². The highest BCUT2D eigenvalue weighted by atomic mass is 16.5. The van der Waals surface area contributed by atoms with Crippen molar-refractivity contribution in [3.05, 3.63) is 35.5 Å². The van der Waals surface area contributed by atoms with Crippen molar-refractivity contribution < 1.29 is 14.3 Å². The topological polar surface area (TPSA) is 75.7 Å². The molecule has 1 aromatic heterocycles. The number of rotatable bonds is 3. The Morgan fingerprint density at radius 3 is 2.82 bits per heavy atom. The maximum atomic E-state index is 11.9. The minimum Gasteiger partial charge on any atom is -0.497 e. The largest absolute Gasteiger partial charge is 0.497 e. The molecule has 6 nitrogen and oxygen atoms in total. The number of amides is 1. The summed E-state index contributed by atoms with van der Waals surface area (Å²) in [6, 6.07) is 7.70. The number of nitrogens with one attached hydrogen (secondary N) is 2. The Hall–Kier alpha value is -2.76. The Balaban J connectivity index is 1.96. The van der Waals surface area contributed by atoms with Crippen LogP contribution in [0.15, 0.2) is 34.9 Å². The van der Waals surface area contributed by atoms with Crippen molar-refractivity contribution in [3.63, 3.8) is 0 Å². The number of fused-ring (bicyclic) bond motifs is 1. The first-order valence-electron chi connectivity index (χ1n) is 7.00. The van der Waals surface area contributed by atoms with Gasteiger partial charge in [0.1, 0.15) is 11.3 Å². The van der Waals surface area contributed by atoms with Crippen LogP contribution >= 0.6 is 0 Å². The monoisotopic (exact) mass is 299 g/mol. The molecular weight excluding hydrogens is 282 g/mol. The van der Waals surface area contributed by atoms with Crippen molar-refractivity contribution >= 4 is 28.8 Å². The summed E-state index contributed by atoms with van der Waals surface area (Å²) in [7, 11) is 1.63. The molecule has 6 heteroatoms. The number of ether oxygens (including phenoxy) is 2. The van der Waals surface area contributed by atoms with E-state index >= 15 is 0 Å². The van der Waals surface area contributed by atoms with Gasteiger partial charge in [-0.1, -0.05) is 0 Å². The summed E-state index contributed by atoms with van der Waals surface area (Å²) in [5.74, 6) is 0.831. The number of hydrogen-bond acceptors (Lipinski definition) is 4. The summed E-state index contributed by atoms with van der Waals surface area (Å²) in [6.07, 6.45) is 1.68. The average Bonchev–Trinajstić information content (AvgIpc) is 3.03. The number of methoxy groups -OCH3 is 1. The number of aromatic nitrogens is 1. The minimum absolute atomic E-state index is 0.0539. The number of hydrogen-bond donors (Lipinski definition) is 2. The molecule has 0 bridgehead atoms. The molecule has 114 valence electrons. The van der Waals surface area contributed by atoms with Gasteiger partial charge in [0.25, 0.3) is 5.91 Å². The highest BCUT2D eigenvalue weighted by molar-refractivity contribution is 6.24. The van der Waals surface area contributed by atoms with Crippen LogP contribution < -0.4 is 10.2 Å². The van der Waals surface area contributed by atoms with Crippen LogP contribution in [0.3, 0.4) is 0 Å². The van der Waals surface area contributed by atoms with Crippen LogP contribution in [-0.2, 0) is 9.53 Å². The van der Waals surface area contributed by atoms with E-state index in [2.05, 4.69) is 15.5 Å². The standard InChI is InChI=1S/C16H17N3O3/c1-9(2)22-16-13(15(20)18-19-16)8-11-6-10-7-12(21-3)4-5-14(10)17-11/h4-9,17H,1-3H3,(H,18,20). The second-order valence-corrected chi connectivity index (χ2v) is 5.26. The summed E-state index contributed by atoms with van der Waals surface area (Å²) >= 11 is 0. The maximum absolute atomic E-state index is 11.9. The first kappa shape index (κ1) is 14.2. The quantitative estimate of drug-likeness (QED) is 0.855. The second-order valence-electron chi connectivity index (χ2n) is 5.26. The highest BCUT2D eigenvalue weighted by Crippen LogP contribution is 2.23. The highest BCUT2D eigenvalue weighted by Gasteiger charge is 2.25. The fourth-order valence-corrected chi connectivity index (χ4v) is 2.25. The molecule has 2 N–H and O–H groups in total. The zero-order valence-electron chi connectivity index (χ0n) is 12.6. The lowest BCUT2D eigenvalue weighted by atomic mass is 10.2. The molecule has 0 spiro atoms. The first-order valence-corrected chi connectivity index (χ1v) is 7.00. The van der Waals surface area contributed by atoms with Crippen molar-refractivity contribution in [3.8, 4) is 5.75 Å². The van der Waals surface area contributed by atoms with E-state index in [1.54, 1.807) is 13.2 Å². The molecule has 0 radical (unpaired) electrons. The molecule has 0 unspecified atom stereocenters. The van der Waals surface area contributed by atoms with E-state index < -0.39 is 0 Å². The van der Waals surface area contributed by atoms with Gasteiger partial charge in [0, 0.05) is 16.6 Å². The van der Waals surface area contributed by atoms with E-state index in [1.165, 1.54) is 0 Å². The maximum Gasteiger partial charge on any atom is 0.277 e. The number of H-pyrrole nitrogens is 1. The Morgan fingerprint density at radius 2 is 2.09 bits per heavy atom. The molecule has 1 aromatic carbocycles. The van der Waals surface area contributed by atoms with Gasteiger partial charge >= 0.3 is 0 Å². The van der Waals surface area contributed by atoms with Crippen molar-refractivity contribution in [2.24, 2.45) is 5.10 Å². The number of carbonyl (C=O) groups excluding carboxylic acids is 1. The first-order chi connectivity index (χ1) is 10.6. The van der Waals surface area contributed by atoms with Gasteiger partial charge in [-0.05, 0) is 44.2 Å². The lowest BCUT2D eigenvalue weighted by Gasteiger charge is -2.08. The van der Waals surface area contributed by atoms with E-state index in [4.69, 9.17) is 9.47 Å². The summed E-state index contributed by atoms with van der Waals surface area (Å²) in [5, 5.41) is 4.92. The molecule has 1 aliphatic rings. The molecule has 0 atom stereocenters. The lowest BCUT2D eigenvalue weighted by molar-refractivity contribution is -0.116. The molecule has 2 aromatic rings. The minimum atomic E-state index is -0.271. The van der Waals surface area contributed by atoms with Crippen LogP contribution in [0.4, 0.5) is 0 Å². The van der Waals surface area contributed by atoms with Gasteiger partial charge in [0.15, 0.2) is 0 Å². The molecule has 0 fully saturated rings. The van der Waals surface area contributed by atoms with Gasteiger partial charge in [-0.2, -0.15) is 0 Å². The van der Waals surface area contributed by atoms with E-state index in [9.17, 15) is 4.79 Å². The number of carbonyl (C=O) groups is 1. The molecular formula is C16H17N3O3. The van der Waals surface area contributed by atoms with E-state index in [1.807, 2.05) is 38.1 Å². The third kappa shape index (κ3) is 2.67. The molecule has 0 saturated heterocycles. The Morgan fingerprint density at radius 1 is 1.27 bits per heavy atom. The zero-order chi connectivity index (χ0) is 15.7. The molecule has 1 amide bonds. The third-order valence-corrected chi connectivity index (χ3v) is 3.23. The number of hydrazone groups is 1. The second kappa shape index (κ2) is 5.55. The summed E-state index contributed by atoms with van der Waals surface area (Å²) in [4.78, 5) is 15.1. The van der Waals surface area contributed by atoms with Crippen molar-refractivity contribution in [1.82, 2.24) is 10.4 Å². The zero-order valence-corrected chi connectivity index (χ0v) is 12.6. The summed E-state index contributed by atoms with van der Waals surface area (Å²) in [5.41, 5.74) is 4.60. The van der Waals surface area contributed by atoms with Crippen molar-refractivity contribution in [1.29, 1.82) is 0 Å². The summed E-state index contributed by atoms with van der Waals surface area (Å²) < 4.78 is 10.8. The van der Waals surface area contributed by atoms with Gasteiger partial charge < -0.3 is 14.5 Å². The fraction of sp³-hybridized carbons (Fsp3) is 0.250. The van der Waals surface area contributed by atoms with Crippen molar-refractivity contribution in [2.75, 3.05) is 7.11 Å². The van der Waals surface area contributed by atoms with Crippen LogP contribution in [0.25, 0.3) is 17.0 Å². The van der Waals surface area contributed by atoms with Crippen LogP contribution in [0, 0.1) is 0 Å². The van der Waals surface area contributed by atoms with Gasteiger partial charge in [0.2, 0.25) is 5.90 Å². The van der Waals surface area contributed by atoms with Gasteiger partial charge in [0.05, 0.1) is 13.2 Å². The van der Waals surface area contributed by atoms with Crippen LogP contribution in [-0.4, -0.2) is 30.0 Å². The number of benzene rings is 1. The third-order valence-electron chi connectivity index (χ3n) is 3.23. The van der Waals surface area contributed by atoms with Crippen molar-refractivity contribution in [2.45, 2.75) is 20.0 Å². The predicted octanol–water partition coefficient (Wildman–Crippen LogP) is 2.43. The average molecular weight is 299 g/mol. The normalized spacial score (nSPS) is 16.3. The van der Waals surface area contributed by atoms with E-state index in [0.29, 0.717) is 11.5 Å². The van der Waals surface area contributed by atoms with Crippen LogP contribution in [0.5, 0.6) is 5.75 Å². The Kier molecular flexibility index (Phi) is 3.58. The number of aromatic amines is 1. The smallest absolute Gasteiger partial charge is 0.277 e. The Bertz CT molecular complexity index is 787. The molecule has 22 heavy (non-hydrogen) atoms.